The molecular formula is C22H21N5OS. The molecule has 0 aliphatic rings. The fourth-order valence-corrected chi connectivity index (χ4v) is 3.99. The number of carbonyl (C=O) groups is 1. The van der Waals surface area contributed by atoms with Gasteiger partial charge in [0.25, 0.3) is 0 Å². The number of thioether (sulfide) groups is 1. The van der Waals surface area contributed by atoms with Gasteiger partial charge >= 0.3 is 0 Å². The SMILES string of the molecule is Cc1ccc2ccc(C(=O)Cc3cccc(C(C)Sc4nncn4C)c3)nc2n1. The topological polar surface area (TPSA) is 73.6 Å². The first-order valence-electron chi connectivity index (χ1n) is 9.37. The summed E-state index contributed by atoms with van der Waals surface area (Å²) < 4.78 is 1.90. The molecule has 0 spiro atoms. The van der Waals surface area contributed by atoms with Crippen LogP contribution in [-0.4, -0.2) is 30.5 Å². The molecule has 0 aliphatic carbocycles. The highest BCUT2D eigenvalue weighted by Crippen LogP contribution is 2.33. The highest BCUT2D eigenvalue weighted by atomic mass is 32.2. The molecule has 0 aliphatic heterocycles. The van der Waals surface area contributed by atoms with Crippen molar-refractivity contribution in [3.63, 3.8) is 0 Å². The van der Waals surface area contributed by atoms with Gasteiger partial charge in [0, 0.05) is 29.8 Å². The first-order valence-corrected chi connectivity index (χ1v) is 10.2. The maximum Gasteiger partial charge on any atom is 0.191 e. The van der Waals surface area contributed by atoms with Crippen LogP contribution in [0.1, 0.15) is 39.5 Å². The molecule has 3 aromatic heterocycles. The van der Waals surface area contributed by atoms with E-state index in [1.807, 2.05) is 48.9 Å². The van der Waals surface area contributed by atoms with E-state index < -0.39 is 0 Å². The van der Waals surface area contributed by atoms with Gasteiger partial charge in [-0.2, -0.15) is 0 Å². The number of carbonyl (C=O) groups excluding carboxylic acids is 1. The summed E-state index contributed by atoms with van der Waals surface area (Å²) in [6.07, 6.45) is 2.00. The van der Waals surface area contributed by atoms with Crippen molar-refractivity contribution in [3.05, 3.63) is 77.4 Å². The molecule has 1 atom stereocenters. The van der Waals surface area contributed by atoms with Crippen LogP contribution in [0.5, 0.6) is 0 Å². The van der Waals surface area contributed by atoms with Crippen LogP contribution in [0.15, 0.2) is 60.0 Å². The van der Waals surface area contributed by atoms with Crippen molar-refractivity contribution in [2.24, 2.45) is 7.05 Å². The number of aryl methyl sites for hydroxylation is 2. The molecule has 146 valence electrons. The Morgan fingerprint density at radius 3 is 2.76 bits per heavy atom. The van der Waals surface area contributed by atoms with Crippen molar-refractivity contribution in [2.75, 3.05) is 0 Å². The second-order valence-electron chi connectivity index (χ2n) is 7.03. The number of fused-ring (bicyclic) bond motifs is 1. The zero-order chi connectivity index (χ0) is 20.4. The number of pyridine rings is 2. The molecule has 4 aromatic rings. The highest BCUT2D eigenvalue weighted by molar-refractivity contribution is 7.99. The van der Waals surface area contributed by atoms with Gasteiger partial charge in [-0.15, -0.1) is 10.2 Å². The number of aromatic nitrogens is 5. The molecule has 1 aromatic carbocycles. The van der Waals surface area contributed by atoms with E-state index in [0.29, 0.717) is 17.8 Å². The van der Waals surface area contributed by atoms with E-state index in [0.717, 1.165) is 27.4 Å². The summed E-state index contributed by atoms with van der Waals surface area (Å²) in [4.78, 5) is 21.7. The van der Waals surface area contributed by atoms with Crippen molar-refractivity contribution in [2.45, 2.75) is 30.7 Å². The van der Waals surface area contributed by atoms with Gasteiger partial charge < -0.3 is 4.57 Å². The molecule has 0 saturated carbocycles. The number of hydrogen-bond acceptors (Lipinski definition) is 6. The zero-order valence-electron chi connectivity index (χ0n) is 16.5. The van der Waals surface area contributed by atoms with E-state index in [1.54, 1.807) is 24.2 Å². The van der Waals surface area contributed by atoms with Gasteiger partial charge in [-0.25, -0.2) is 9.97 Å². The molecule has 29 heavy (non-hydrogen) atoms. The molecular weight excluding hydrogens is 382 g/mol. The standard InChI is InChI=1S/C22H21N5OS/c1-14-7-8-17-9-10-19(25-21(17)24-14)20(28)12-16-5-4-6-18(11-16)15(2)29-22-26-23-13-27(22)3/h4-11,13,15H,12H2,1-3H3. The predicted octanol–water partition coefficient (Wildman–Crippen LogP) is 4.35. The fraction of sp³-hybridized carbons (Fsp3) is 0.227. The van der Waals surface area contributed by atoms with Gasteiger partial charge in [-0.3, -0.25) is 4.79 Å². The number of hydrogen-bond donors (Lipinski definition) is 0. The number of nitrogens with zero attached hydrogens (tertiary/aromatic N) is 5. The van der Waals surface area contributed by atoms with Crippen LogP contribution in [0.3, 0.4) is 0 Å². The second kappa shape index (κ2) is 8.13. The molecule has 7 heteroatoms. The Balaban J connectivity index is 1.51. The molecule has 1 unspecified atom stereocenters. The summed E-state index contributed by atoms with van der Waals surface area (Å²) in [6.45, 7) is 4.04. The Morgan fingerprint density at radius 1 is 1.14 bits per heavy atom. The minimum Gasteiger partial charge on any atom is -0.312 e. The van der Waals surface area contributed by atoms with Crippen LogP contribution in [0.25, 0.3) is 11.0 Å². The average Bonchev–Trinajstić information content (AvgIpc) is 3.12. The molecule has 0 N–H and O–H groups in total. The smallest absolute Gasteiger partial charge is 0.191 e. The first-order chi connectivity index (χ1) is 14.0. The summed E-state index contributed by atoms with van der Waals surface area (Å²) in [7, 11) is 1.93. The second-order valence-corrected chi connectivity index (χ2v) is 8.33. The van der Waals surface area contributed by atoms with Crippen molar-refractivity contribution in [1.29, 1.82) is 0 Å². The maximum atomic E-state index is 12.8. The van der Waals surface area contributed by atoms with Crippen LogP contribution >= 0.6 is 11.8 Å². The Morgan fingerprint density at radius 2 is 1.97 bits per heavy atom. The zero-order valence-corrected chi connectivity index (χ0v) is 17.3. The summed E-state index contributed by atoms with van der Waals surface area (Å²) in [6, 6.07) is 15.7. The van der Waals surface area contributed by atoms with E-state index in [9.17, 15) is 4.79 Å². The average molecular weight is 404 g/mol. The number of Topliss-reactive ketones (excluding diaryl/α,β-unsaturated/α-hetero) is 1. The van der Waals surface area contributed by atoms with Crippen LogP contribution < -0.4 is 0 Å². The van der Waals surface area contributed by atoms with E-state index in [1.165, 1.54) is 0 Å². The molecule has 3 heterocycles. The van der Waals surface area contributed by atoms with Crippen molar-refractivity contribution in [1.82, 2.24) is 24.7 Å². The van der Waals surface area contributed by atoms with Gasteiger partial charge in [0.15, 0.2) is 16.6 Å². The molecule has 0 saturated heterocycles. The quantitative estimate of drug-likeness (QED) is 0.352. The van der Waals surface area contributed by atoms with Crippen LogP contribution in [0, 0.1) is 6.92 Å². The molecule has 6 nitrogen and oxygen atoms in total. The molecule has 4 rings (SSSR count). The lowest BCUT2D eigenvalue weighted by atomic mass is 10.0. The third-order valence-electron chi connectivity index (χ3n) is 4.71. The Kier molecular flexibility index (Phi) is 5.40. The van der Waals surface area contributed by atoms with Crippen molar-refractivity contribution >= 4 is 28.6 Å². The molecule has 0 fully saturated rings. The Bertz CT molecular complexity index is 1190. The van der Waals surface area contributed by atoms with Crippen molar-refractivity contribution in [3.8, 4) is 0 Å². The monoisotopic (exact) mass is 403 g/mol. The number of benzene rings is 1. The minimum atomic E-state index is -0.0130. The largest absolute Gasteiger partial charge is 0.312 e. The lowest BCUT2D eigenvalue weighted by Crippen LogP contribution is -2.07. The van der Waals surface area contributed by atoms with Gasteiger partial charge in [-0.1, -0.05) is 36.0 Å². The highest BCUT2D eigenvalue weighted by Gasteiger charge is 2.14. The van der Waals surface area contributed by atoms with E-state index in [4.69, 9.17) is 0 Å². The van der Waals surface area contributed by atoms with Crippen LogP contribution in [0.2, 0.25) is 0 Å². The summed E-state index contributed by atoms with van der Waals surface area (Å²) in [5.74, 6) is -0.0130. The Hall–Kier alpha value is -3.06. The molecule has 0 amide bonds. The summed E-state index contributed by atoms with van der Waals surface area (Å²) >= 11 is 1.64. The fourth-order valence-electron chi connectivity index (χ4n) is 3.09. The lowest BCUT2D eigenvalue weighted by Gasteiger charge is -2.12. The summed E-state index contributed by atoms with van der Waals surface area (Å²) in [5.41, 5.74) is 4.06. The first kappa shape index (κ1) is 19.3. The van der Waals surface area contributed by atoms with Gasteiger partial charge in [0.1, 0.15) is 12.0 Å². The predicted molar refractivity (Wildman–Crippen MR) is 114 cm³/mol. The van der Waals surface area contributed by atoms with Crippen LogP contribution in [0.4, 0.5) is 0 Å². The van der Waals surface area contributed by atoms with Crippen LogP contribution in [-0.2, 0) is 13.5 Å². The Labute approximate surface area is 173 Å². The normalized spacial score (nSPS) is 12.2. The van der Waals surface area contributed by atoms with E-state index >= 15 is 0 Å². The van der Waals surface area contributed by atoms with E-state index in [2.05, 4.69) is 39.2 Å². The van der Waals surface area contributed by atoms with Gasteiger partial charge in [-0.05, 0) is 49.2 Å². The lowest BCUT2D eigenvalue weighted by molar-refractivity contribution is 0.0988. The van der Waals surface area contributed by atoms with Gasteiger partial charge in [0.2, 0.25) is 0 Å². The third kappa shape index (κ3) is 4.35. The molecule has 0 radical (unpaired) electrons. The third-order valence-corrected chi connectivity index (χ3v) is 5.92. The number of rotatable bonds is 6. The maximum absolute atomic E-state index is 12.8. The molecule has 0 bridgehead atoms. The van der Waals surface area contributed by atoms with Crippen molar-refractivity contribution < 1.29 is 4.79 Å². The summed E-state index contributed by atoms with van der Waals surface area (Å²) in [5, 5.41) is 10.0. The minimum absolute atomic E-state index is 0.0130. The number of ketones is 1. The van der Waals surface area contributed by atoms with Gasteiger partial charge in [0.05, 0.1) is 0 Å². The van der Waals surface area contributed by atoms with E-state index in [-0.39, 0.29) is 11.0 Å².